The second-order valence-electron chi connectivity index (χ2n) is 5.94. The summed E-state index contributed by atoms with van der Waals surface area (Å²) in [5.74, 6) is 0.161. The molecular weight excluding hydrogens is 300 g/mol. The summed E-state index contributed by atoms with van der Waals surface area (Å²) in [5.41, 5.74) is 2.26. The van der Waals surface area contributed by atoms with E-state index < -0.39 is 6.04 Å². The van der Waals surface area contributed by atoms with E-state index in [1.807, 2.05) is 48.5 Å². The minimum atomic E-state index is -0.492. The minimum absolute atomic E-state index is 0.164. The van der Waals surface area contributed by atoms with Crippen LogP contribution in [-0.2, 0) is 16.0 Å². The van der Waals surface area contributed by atoms with Gasteiger partial charge in [0.15, 0.2) is 0 Å². The molecule has 1 amide bonds. The van der Waals surface area contributed by atoms with Crippen molar-refractivity contribution in [2.75, 3.05) is 13.1 Å². The van der Waals surface area contributed by atoms with Crippen molar-refractivity contribution in [1.82, 2.24) is 10.6 Å². The summed E-state index contributed by atoms with van der Waals surface area (Å²) in [6.45, 7) is 3.03. The second kappa shape index (κ2) is 9.63. The van der Waals surface area contributed by atoms with Gasteiger partial charge in [0.2, 0.25) is 5.91 Å². The molecule has 2 unspecified atom stereocenters. The Balaban J connectivity index is 1.72. The molecule has 0 aliphatic heterocycles. The third-order valence-corrected chi connectivity index (χ3v) is 3.91. The maximum absolute atomic E-state index is 12.0. The lowest BCUT2D eigenvalue weighted by molar-refractivity contribution is -0.123. The molecule has 0 saturated heterocycles. The standard InChI is InChI=1S/C20H24N2O2/c1-16(18-10-6-3-7-11-18)13-21-14-20(24)22-19(15-23)12-17-8-4-2-5-9-17/h2-11,15-16,19,21H,12-14H2,1H3,(H,22,24). The van der Waals surface area contributed by atoms with E-state index in [4.69, 9.17) is 0 Å². The fraction of sp³-hybridized carbons (Fsp3) is 0.300. The number of hydrogen-bond donors (Lipinski definition) is 2. The first-order chi connectivity index (χ1) is 11.7. The Kier molecular flexibility index (Phi) is 7.18. The van der Waals surface area contributed by atoms with Gasteiger partial charge in [-0.2, -0.15) is 0 Å². The van der Waals surface area contributed by atoms with Crippen molar-refractivity contribution in [3.05, 3.63) is 71.8 Å². The molecule has 0 spiro atoms. The molecule has 4 heteroatoms. The molecule has 0 radical (unpaired) electrons. The zero-order valence-corrected chi connectivity index (χ0v) is 13.9. The highest BCUT2D eigenvalue weighted by atomic mass is 16.2. The van der Waals surface area contributed by atoms with Crippen molar-refractivity contribution in [2.45, 2.75) is 25.3 Å². The van der Waals surface area contributed by atoms with E-state index >= 15 is 0 Å². The number of nitrogens with one attached hydrogen (secondary N) is 2. The van der Waals surface area contributed by atoms with E-state index in [2.05, 4.69) is 29.7 Å². The third-order valence-electron chi connectivity index (χ3n) is 3.91. The Morgan fingerprint density at radius 1 is 1.04 bits per heavy atom. The Morgan fingerprint density at radius 2 is 1.67 bits per heavy atom. The van der Waals surface area contributed by atoms with Crippen molar-refractivity contribution >= 4 is 12.2 Å². The van der Waals surface area contributed by atoms with Gasteiger partial charge >= 0.3 is 0 Å². The van der Waals surface area contributed by atoms with Gasteiger partial charge in [0, 0.05) is 6.54 Å². The van der Waals surface area contributed by atoms with Crippen LogP contribution in [0.4, 0.5) is 0 Å². The van der Waals surface area contributed by atoms with Crippen LogP contribution in [-0.4, -0.2) is 31.3 Å². The van der Waals surface area contributed by atoms with Gasteiger partial charge in [-0.05, 0) is 23.5 Å². The molecule has 0 aliphatic rings. The van der Waals surface area contributed by atoms with E-state index in [9.17, 15) is 9.59 Å². The Morgan fingerprint density at radius 3 is 2.29 bits per heavy atom. The minimum Gasteiger partial charge on any atom is -0.345 e. The van der Waals surface area contributed by atoms with Crippen molar-refractivity contribution in [2.24, 2.45) is 0 Å². The highest BCUT2D eigenvalue weighted by Gasteiger charge is 2.12. The van der Waals surface area contributed by atoms with Crippen molar-refractivity contribution in [3.8, 4) is 0 Å². The number of hydrogen-bond acceptors (Lipinski definition) is 3. The number of benzene rings is 2. The molecule has 0 fully saturated rings. The Hall–Kier alpha value is -2.46. The molecule has 2 N–H and O–H groups in total. The second-order valence-corrected chi connectivity index (χ2v) is 5.94. The van der Waals surface area contributed by atoms with E-state index in [1.54, 1.807) is 0 Å². The van der Waals surface area contributed by atoms with Crippen molar-refractivity contribution < 1.29 is 9.59 Å². The van der Waals surface area contributed by atoms with E-state index in [1.165, 1.54) is 5.56 Å². The molecule has 0 bridgehead atoms. The smallest absolute Gasteiger partial charge is 0.234 e. The number of aldehydes is 1. The molecule has 2 aromatic carbocycles. The maximum Gasteiger partial charge on any atom is 0.234 e. The van der Waals surface area contributed by atoms with Crippen LogP contribution in [0, 0.1) is 0 Å². The van der Waals surface area contributed by atoms with E-state index in [-0.39, 0.29) is 12.5 Å². The highest BCUT2D eigenvalue weighted by Crippen LogP contribution is 2.12. The summed E-state index contributed by atoms with van der Waals surface area (Å²) in [6.07, 6.45) is 1.30. The summed E-state index contributed by atoms with van der Waals surface area (Å²) >= 11 is 0. The van der Waals surface area contributed by atoms with Crippen molar-refractivity contribution in [3.63, 3.8) is 0 Å². The van der Waals surface area contributed by atoms with Gasteiger partial charge in [-0.25, -0.2) is 0 Å². The molecule has 0 saturated carbocycles. The zero-order chi connectivity index (χ0) is 17.2. The summed E-state index contributed by atoms with van der Waals surface area (Å²) in [7, 11) is 0. The zero-order valence-electron chi connectivity index (χ0n) is 13.9. The van der Waals surface area contributed by atoms with Gasteiger partial charge in [-0.1, -0.05) is 67.6 Å². The van der Waals surface area contributed by atoms with E-state index in [0.29, 0.717) is 18.9 Å². The average molecular weight is 324 g/mol. The first-order valence-electron chi connectivity index (χ1n) is 8.23. The van der Waals surface area contributed by atoms with E-state index in [0.717, 1.165) is 11.8 Å². The van der Waals surface area contributed by atoms with Crippen LogP contribution in [0.15, 0.2) is 60.7 Å². The summed E-state index contributed by atoms with van der Waals surface area (Å²) < 4.78 is 0. The van der Waals surface area contributed by atoms with Crippen molar-refractivity contribution in [1.29, 1.82) is 0 Å². The van der Waals surface area contributed by atoms with Gasteiger partial charge in [0.05, 0.1) is 12.6 Å². The quantitative estimate of drug-likeness (QED) is 0.696. The van der Waals surface area contributed by atoms with Crippen LogP contribution < -0.4 is 10.6 Å². The lowest BCUT2D eigenvalue weighted by atomic mass is 10.0. The third kappa shape index (κ3) is 5.97. The Labute approximate surface area is 143 Å². The maximum atomic E-state index is 12.0. The first kappa shape index (κ1) is 17.9. The molecule has 2 aromatic rings. The average Bonchev–Trinajstić information content (AvgIpc) is 2.62. The first-order valence-corrected chi connectivity index (χ1v) is 8.23. The summed E-state index contributed by atoms with van der Waals surface area (Å²) in [5, 5.41) is 5.91. The predicted molar refractivity (Wildman–Crippen MR) is 95.9 cm³/mol. The molecule has 126 valence electrons. The van der Waals surface area contributed by atoms with Crippen LogP contribution in [0.1, 0.15) is 24.0 Å². The number of amides is 1. The molecule has 24 heavy (non-hydrogen) atoms. The normalized spacial score (nSPS) is 13.0. The van der Waals surface area contributed by atoms with Crippen LogP contribution in [0.25, 0.3) is 0 Å². The topological polar surface area (TPSA) is 58.2 Å². The van der Waals surface area contributed by atoms with Crippen LogP contribution in [0.5, 0.6) is 0 Å². The van der Waals surface area contributed by atoms with Crippen LogP contribution >= 0.6 is 0 Å². The molecule has 0 aliphatic carbocycles. The Bertz CT molecular complexity index is 629. The van der Waals surface area contributed by atoms with Gasteiger partial charge in [-0.3, -0.25) is 4.79 Å². The number of carbonyl (C=O) groups excluding carboxylic acids is 2. The summed E-state index contributed by atoms with van der Waals surface area (Å²) in [6, 6.07) is 19.3. The van der Waals surface area contributed by atoms with Gasteiger partial charge in [-0.15, -0.1) is 0 Å². The number of carbonyl (C=O) groups is 2. The van der Waals surface area contributed by atoms with Gasteiger partial charge in [0.1, 0.15) is 6.29 Å². The molecule has 2 rings (SSSR count). The largest absolute Gasteiger partial charge is 0.345 e. The molecule has 2 atom stereocenters. The van der Waals surface area contributed by atoms with Gasteiger partial charge < -0.3 is 15.4 Å². The highest BCUT2D eigenvalue weighted by molar-refractivity contribution is 5.81. The fourth-order valence-corrected chi connectivity index (χ4v) is 2.56. The molecule has 0 aromatic heterocycles. The molecular formula is C20H24N2O2. The monoisotopic (exact) mass is 324 g/mol. The predicted octanol–water partition coefficient (Wildman–Crippen LogP) is 2.31. The summed E-state index contributed by atoms with van der Waals surface area (Å²) in [4.78, 5) is 23.2. The molecule has 0 heterocycles. The lowest BCUT2D eigenvalue weighted by Gasteiger charge is -2.15. The number of rotatable bonds is 9. The van der Waals surface area contributed by atoms with Crippen LogP contribution in [0.3, 0.4) is 0 Å². The fourth-order valence-electron chi connectivity index (χ4n) is 2.56. The van der Waals surface area contributed by atoms with Crippen LogP contribution in [0.2, 0.25) is 0 Å². The lowest BCUT2D eigenvalue weighted by Crippen LogP contribution is -2.42. The van der Waals surface area contributed by atoms with Gasteiger partial charge in [0.25, 0.3) is 0 Å². The SMILES string of the molecule is CC(CNCC(=O)NC(C=O)Cc1ccccc1)c1ccccc1. The molecule has 4 nitrogen and oxygen atoms in total.